The molecule has 0 N–H and O–H groups in total. The quantitative estimate of drug-likeness (QED) is 0.0474. The van der Waals surface area contributed by atoms with E-state index in [1.807, 2.05) is 0 Å². The molecule has 0 aromatic heterocycles. The second kappa shape index (κ2) is 29.9. The van der Waals surface area contributed by atoms with E-state index in [1.54, 1.807) is 5.57 Å². The molecule has 6 nitrogen and oxygen atoms in total. The average molecular weight is 882 g/mol. The van der Waals surface area contributed by atoms with Crippen LogP contribution in [0.1, 0.15) is 208 Å². The van der Waals surface area contributed by atoms with Gasteiger partial charge in [0.25, 0.3) is 0 Å². The Kier molecular flexibility index (Phi) is 25.2. The number of allylic oxidation sites excluding steroid dienone is 3. The van der Waals surface area contributed by atoms with E-state index < -0.39 is 0 Å². The Hall–Kier alpha value is -0.760. The standard InChI is InChI=1S/C57H103NO5/c1-7-8-9-10-11-12-13-14-15-16-17-18-19-20-21-22-38-61-46-51(32-35-58-36-39-59-40-37-58)63-44-42-60-41-43-62-50-30-33-56(5)49(45-50)26-27-52-54-29-28-53(48(4)25-23-24-47(2)3)57(54,6)34-31-55(52)56/h14-15,26,47-48,50-55H,7-13,16-25,27-46H2,1-6H3/b15-14-/t48-,50?,51?,52+,53?,54?,55+,56+,57-/m1/s1. The molecule has 0 amide bonds. The van der Waals surface area contributed by atoms with E-state index in [0.29, 0.717) is 50.0 Å². The lowest BCUT2D eigenvalue weighted by Crippen LogP contribution is -2.51. The summed E-state index contributed by atoms with van der Waals surface area (Å²) in [6, 6.07) is 0. The molecule has 4 fully saturated rings. The van der Waals surface area contributed by atoms with Gasteiger partial charge in [0.2, 0.25) is 0 Å². The van der Waals surface area contributed by atoms with Gasteiger partial charge in [-0.2, -0.15) is 0 Å². The van der Waals surface area contributed by atoms with Crippen LogP contribution in [0.25, 0.3) is 0 Å². The predicted molar refractivity (Wildman–Crippen MR) is 265 cm³/mol. The molecular weight excluding hydrogens is 779 g/mol. The first kappa shape index (κ1) is 53.2. The number of ether oxygens (including phenoxy) is 5. The van der Waals surface area contributed by atoms with Crippen LogP contribution in [0.2, 0.25) is 0 Å². The molecule has 4 unspecified atom stereocenters. The first-order valence-corrected chi connectivity index (χ1v) is 27.8. The summed E-state index contributed by atoms with van der Waals surface area (Å²) in [5, 5.41) is 0. The fourth-order valence-electron chi connectivity index (χ4n) is 13.5. The molecular formula is C57H103NO5. The summed E-state index contributed by atoms with van der Waals surface area (Å²) in [7, 11) is 0. The Morgan fingerprint density at radius 2 is 1.43 bits per heavy atom. The van der Waals surface area contributed by atoms with Gasteiger partial charge in [-0.05, 0) is 136 Å². The molecule has 3 saturated carbocycles. The van der Waals surface area contributed by atoms with Crippen molar-refractivity contribution in [3.8, 4) is 0 Å². The van der Waals surface area contributed by atoms with E-state index in [4.69, 9.17) is 23.7 Å². The fraction of sp³-hybridized carbons (Fsp3) is 0.930. The highest BCUT2D eigenvalue weighted by Crippen LogP contribution is 2.67. The Labute approximate surface area is 390 Å². The number of rotatable bonds is 34. The number of hydrogen-bond acceptors (Lipinski definition) is 6. The largest absolute Gasteiger partial charge is 0.379 e. The predicted octanol–water partition coefficient (Wildman–Crippen LogP) is 14.6. The number of hydrogen-bond donors (Lipinski definition) is 0. The van der Waals surface area contributed by atoms with Crippen molar-refractivity contribution in [1.82, 2.24) is 4.90 Å². The third-order valence-electron chi connectivity index (χ3n) is 17.4. The number of unbranched alkanes of at least 4 members (excludes halogenated alkanes) is 12. The zero-order valence-electron chi connectivity index (χ0n) is 42.5. The smallest absolute Gasteiger partial charge is 0.0821 e. The van der Waals surface area contributed by atoms with E-state index >= 15 is 0 Å². The number of nitrogens with zero attached hydrogens (tertiary/aromatic N) is 1. The minimum absolute atomic E-state index is 0.109. The third kappa shape index (κ3) is 17.7. The molecule has 4 aliphatic carbocycles. The van der Waals surface area contributed by atoms with Gasteiger partial charge in [-0.15, -0.1) is 0 Å². The minimum atomic E-state index is 0.109. The van der Waals surface area contributed by atoms with E-state index in [-0.39, 0.29) is 6.10 Å². The summed E-state index contributed by atoms with van der Waals surface area (Å²) in [5.41, 5.74) is 2.67. The van der Waals surface area contributed by atoms with E-state index in [1.165, 1.54) is 148 Å². The average Bonchev–Trinajstić information content (AvgIpc) is 3.64. The summed E-state index contributed by atoms with van der Waals surface area (Å²) in [4.78, 5) is 2.50. The van der Waals surface area contributed by atoms with Crippen molar-refractivity contribution in [2.24, 2.45) is 46.3 Å². The van der Waals surface area contributed by atoms with Crippen molar-refractivity contribution in [2.45, 2.75) is 221 Å². The van der Waals surface area contributed by atoms with Gasteiger partial charge >= 0.3 is 0 Å². The highest BCUT2D eigenvalue weighted by atomic mass is 16.6. The molecule has 5 rings (SSSR count). The number of fused-ring (bicyclic) bond motifs is 5. The van der Waals surface area contributed by atoms with Crippen molar-refractivity contribution in [2.75, 3.05) is 72.5 Å². The van der Waals surface area contributed by atoms with Crippen LogP contribution >= 0.6 is 0 Å². The second-order valence-corrected chi connectivity index (χ2v) is 22.4. The maximum atomic E-state index is 6.52. The Balaban J connectivity index is 0.912. The summed E-state index contributed by atoms with van der Waals surface area (Å²) in [6.07, 6.45) is 42.7. The Morgan fingerprint density at radius 1 is 0.714 bits per heavy atom. The van der Waals surface area contributed by atoms with Crippen LogP contribution in [-0.4, -0.2) is 89.6 Å². The van der Waals surface area contributed by atoms with E-state index in [9.17, 15) is 0 Å². The Morgan fingerprint density at radius 3 is 2.17 bits per heavy atom. The molecule has 366 valence electrons. The maximum absolute atomic E-state index is 6.52. The molecule has 6 heteroatoms. The van der Waals surface area contributed by atoms with Crippen molar-refractivity contribution >= 4 is 0 Å². The molecule has 1 saturated heterocycles. The summed E-state index contributed by atoms with van der Waals surface area (Å²) in [5.74, 6) is 5.35. The second-order valence-electron chi connectivity index (χ2n) is 22.4. The molecule has 63 heavy (non-hydrogen) atoms. The third-order valence-corrected chi connectivity index (χ3v) is 17.4. The lowest BCUT2D eigenvalue weighted by Gasteiger charge is -2.58. The lowest BCUT2D eigenvalue weighted by molar-refractivity contribution is -0.0728. The van der Waals surface area contributed by atoms with Crippen molar-refractivity contribution in [1.29, 1.82) is 0 Å². The molecule has 5 aliphatic rings. The summed E-state index contributed by atoms with van der Waals surface area (Å²) in [6.45, 7) is 23.9. The van der Waals surface area contributed by atoms with Gasteiger partial charge in [0, 0.05) is 26.2 Å². The highest BCUT2D eigenvalue weighted by molar-refractivity contribution is 5.25. The molecule has 1 aliphatic heterocycles. The van der Waals surface area contributed by atoms with Gasteiger partial charge in [0.05, 0.1) is 58.5 Å². The first-order valence-electron chi connectivity index (χ1n) is 27.8. The van der Waals surface area contributed by atoms with Crippen LogP contribution < -0.4 is 0 Å². The summed E-state index contributed by atoms with van der Waals surface area (Å²) >= 11 is 0. The zero-order valence-corrected chi connectivity index (χ0v) is 42.5. The Bertz CT molecular complexity index is 1250. The highest BCUT2D eigenvalue weighted by Gasteiger charge is 2.59. The normalized spacial score (nSPS) is 29.8. The van der Waals surface area contributed by atoms with Gasteiger partial charge < -0.3 is 23.7 Å². The van der Waals surface area contributed by atoms with Crippen LogP contribution in [0, 0.1) is 46.3 Å². The SMILES string of the molecule is CCCCCCCC/C=C\CCCCCCCCOCC(CCN1CCOCC1)OCCOCCOC1CC[C@@]2(C)C(=CC[C@H]3C4CCC([C@H](C)CCCC(C)C)[C@@]4(C)CC[C@@H]32)C1. The molecule has 0 aromatic rings. The van der Waals surface area contributed by atoms with Crippen LogP contribution in [0.3, 0.4) is 0 Å². The fourth-order valence-corrected chi connectivity index (χ4v) is 13.5. The van der Waals surface area contributed by atoms with Crippen LogP contribution in [0.15, 0.2) is 23.8 Å². The molecule has 0 aromatic carbocycles. The van der Waals surface area contributed by atoms with Crippen LogP contribution in [0.5, 0.6) is 0 Å². The first-order chi connectivity index (χ1) is 30.7. The van der Waals surface area contributed by atoms with Gasteiger partial charge in [0.15, 0.2) is 0 Å². The number of morpholine rings is 1. The monoisotopic (exact) mass is 882 g/mol. The van der Waals surface area contributed by atoms with Gasteiger partial charge in [-0.1, -0.05) is 142 Å². The topological polar surface area (TPSA) is 49.4 Å². The van der Waals surface area contributed by atoms with E-state index in [0.717, 1.165) is 94.2 Å². The van der Waals surface area contributed by atoms with Gasteiger partial charge in [-0.25, -0.2) is 0 Å². The molecule has 9 atom stereocenters. The minimum Gasteiger partial charge on any atom is -0.379 e. The molecule has 0 spiro atoms. The van der Waals surface area contributed by atoms with Gasteiger partial charge in [0.1, 0.15) is 0 Å². The van der Waals surface area contributed by atoms with Crippen LogP contribution in [-0.2, 0) is 23.7 Å². The van der Waals surface area contributed by atoms with Crippen LogP contribution in [0.4, 0.5) is 0 Å². The van der Waals surface area contributed by atoms with Crippen molar-refractivity contribution in [3.63, 3.8) is 0 Å². The van der Waals surface area contributed by atoms with E-state index in [2.05, 4.69) is 64.7 Å². The lowest BCUT2D eigenvalue weighted by atomic mass is 9.47. The van der Waals surface area contributed by atoms with Crippen molar-refractivity contribution in [3.05, 3.63) is 23.8 Å². The summed E-state index contributed by atoms with van der Waals surface area (Å²) < 4.78 is 30.8. The molecule has 0 bridgehead atoms. The zero-order chi connectivity index (χ0) is 44.6. The van der Waals surface area contributed by atoms with Gasteiger partial charge in [-0.3, -0.25) is 4.90 Å². The maximum Gasteiger partial charge on any atom is 0.0821 e. The molecule has 0 radical (unpaired) electrons. The molecule has 1 heterocycles. The van der Waals surface area contributed by atoms with Crippen molar-refractivity contribution < 1.29 is 23.7 Å².